The lowest BCUT2D eigenvalue weighted by Gasteiger charge is -2.35. The molecule has 1 heterocycles. The van der Waals surface area contributed by atoms with Gasteiger partial charge in [0.05, 0.1) is 6.07 Å². The Hall–Kier alpha value is -0.980. The van der Waals surface area contributed by atoms with E-state index in [1.54, 1.807) is 0 Å². The molecule has 1 saturated carbocycles. The monoisotopic (exact) mass is 319 g/mol. The van der Waals surface area contributed by atoms with E-state index in [0.717, 1.165) is 11.1 Å². The van der Waals surface area contributed by atoms with Crippen molar-refractivity contribution < 1.29 is 8.42 Å². The molecule has 1 fully saturated rings. The number of aromatic nitrogens is 3. The minimum atomic E-state index is -3.79. The lowest BCUT2D eigenvalue weighted by atomic mass is 9.79. The van der Waals surface area contributed by atoms with Crippen molar-refractivity contribution in [3.63, 3.8) is 0 Å². The maximum absolute atomic E-state index is 12.1. The summed E-state index contributed by atoms with van der Waals surface area (Å²) in [7, 11) is -2.31. The zero-order valence-corrected chi connectivity index (χ0v) is 11.4. The van der Waals surface area contributed by atoms with Crippen molar-refractivity contribution in [2.24, 2.45) is 7.05 Å². The number of nitrogens with zero attached hydrogens (tertiary/aromatic N) is 4. The first-order valence-corrected chi connectivity index (χ1v) is 7.18. The van der Waals surface area contributed by atoms with Crippen LogP contribution in [0, 0.1) is 11.3 Å². The first-order chi connectivity index (χ1) is 7.90. The highest BCUT2D eigenvalue weighted by molar-refractivity contribution is 9.10. The number of sulfonamides is 1. The van der Waals surface area contributed by atoms with Gasteiger partial charge in [0.1, 0.15) is 5.54 Å². The molecule has 0 radical (unpaired) electrons. The Morgan fingerprint density at radius 1 is 1.59 bits per heavy atom. The van der Waals surface area contributed by atoms with E-state index >= 15 is 0 Å². The second-order valence-electron chi connectivity index (χ2n) is 3.96. The van der Waals surface area contributed by atoms with Gasteiger partial charge in [0.25, 0.3) is 10.0 Å². The molecule has 0 aliphatic heterocycles. The number of nitrogens with one attached hydrogen (secondary N) is 1. The van der Waals surface area contributed by atoms with Gasteiger partial charge in [-0.15, -0.1) is 5.10 Å². The predicted molar refractivity (Wildman–Crippen MR) is 61.2 cm³/mol. The fraction of sp³-hybridized carbons (Fsp3) is 0.625. The van der Waals surface area contributed by atoms with Crippen LogP contribution in [0.1, 0.15) is 19.3 Å². The molecule has 0 amide bonds. The third-order valence-electron chi connectivity index (χ3n) is 2.74. The summed E-state index contributed by atoms with van der Waals surface area (Å²) < 4.78 is 27.9. The lowest BCUT2D eigenvalue weighted by Crippen LogP contribution is -2.52. The molecule has 0 bridgehead atoms. The molecule has 0 atom stereocenters. The molecule has 9 heteroatoms. The van der Waals surface area contributed by atoms with Gasteiger partial charge >= 0.3 is 0 Å². The van der Waals surface area contributed by atoms with Gasteiger partial charge in [-0.1, -0.05) is 5.21 Å². The van der Waals surface area contributed by atoms with Gasteiger partial charge in [-0.3, -0.25) is 0 Å². The molecule has 2 rings (SSSR count). The van der Waals surface area contributed by atoms with Gasteiger partial charge in [-0.05, 0) is 35.2 Å². The SMILES string of the molecule is Cn1nnc(Br)c1S(=O)(=O)NC1(C#N)CCC1. The minimum Gasteiger partial charge on any atom is -0.235 e. The molecule has 1 aliphatic carbocycles. The summed E-state index contributed by atoms with van der Waals surface area (Å²) in [6.07, 6.45) is 1.91. The first kappa shape index (κ1) is 12.5. The summed E-state index contributed by atoms with van der Waals surface area (Å²) in [6, 6.07) is 2.02. The van der Waals surface area contributed by atoms with Gasteiger partial charge in [-0.25, -0.2) is 13.1 Å². The molecule has 92 valence electrons. The van der Waals surface area contributed by atoms with E-state index in [2.05, 4.69) is 31.0 Å². The van der Waals surface area contributed by atoms with Crippen LogP contribution < -0.4 is 4.72 Å². The van der Waals surface area contributed by atoms with E-state index in [4.69, 9.17) is 5.26 Å². The Morgan fingerprint density at radius 3 is 2.59 bits per heavy atom. The Morgan fingerprint density at radius 2 is 2.24 bits per heavy atom. The highest BCUT2D eigenvalue weighted by Gasteiger charge is 2.42. The standard InChI is InChI=1S/C8H10BrN5O2S/c1-14-7(6(9)11-13-14)17(15,16)12-8(5-10)3-2-4-8/h12H,2-4H2,1H3. The topological polar surface area (TPSA) is 101 Å². The van der Waals surface area contributed by atoms with Crippen molar-refractivity contribution in [2.45, 2.75) is 29.8 Å². The smallest absolute Gasteiger partial charge is 0.235 e. The molecule has 0 saturated heterocycles. The van der Waals surface area contributed by atoms with Crippen LogP contribution in [0.5, 0.6) is 0 Å². The maximum atomic E-state index is 12.1. The summed E-state index contributed by atoms with van der Waals surface area (Å²) in [5.74, 6) is 0. The van der Waals surface area contributed by atoms with Crippen molar-refractivity contribution >= 4 is 26.0 Å². The number of halogens is 1. The summed E-state index contributed by atoms with van der Waals surface area (Å²) in [6.45, 7) is 0. The van der Waals surface area contributed by atoms with Crippen LogP contribution in [0.25, 0.3) is 0 Å². The van der Waals surface area contributed by atoms with E-state index in [-0.39, 0.29) is 9.63 Å². The molecular formula is C8H10BrN5O2S. The van der Waals surface area contributed by atoms with Crippen molar-refractivity contribution in [3.05, 3.63) is 4.60 Å². The molecule has 0 unspecified atom stereocenters. The number of rotatable bonds is 3. The third-order valence-corrected chi connectivity index (χ3v) is 5.17. The van der Waals surface area contributed by atoms with E-state index in [1.165, 1.54) is 7.05 Å². The average Bonchev–Trinajstić information content (AvgIpc) is 2.53. The van der Waals surface area contributed by atoms with Crippen molar-refractivity contribution in [2.75, 3.05) is 0 Å². The van der Waals surface area contributed by atoms with Crippen LogP contribution in [0.3, 0.4) is 0 Å². The molecule has 0 spiro atoms. The molecule has 17 heavy (non-hydrogen) atoms. The third kappa shape index (κ3) is 2.08. The van der Waals surface area contributed by atoms with Crippen LogP contribution in [-0.2, 0) is 17.1 Å². The Bertz CT molecular complexity index is 564. The van der Waals surface area contributed by atoms with Gasteiger partial charge in [0, 0.05) is 7.05 Å². The largest absolute Gasteiger partial charge is 0.261 e. The van der Waals surface area contributed by atoms with Gasteiger partial charge < -0.3 is 0 Å². The quantitative estimate of drug-likeness (QED) is 0.863. The normalized spacial score (nSPS) is 18.4. The van der Waals surface area contributed by atoms with E-state index in [0.29, 0.717) is 12.8 Å². The van der Waals surface area contributed by atoms with E-state index < -0.39 is 15.6 Å². The molecule has 1 N–H and O–H groups in total. The van der Waals surface area contributed by atoms with Crippen LogP contribution >= 0.6 is 15.9 Å². The summed E-state index contributed by atoms with van der Waals surface area (Å²) in [4.78, 5) is 0. The van der Waals surface area contributed by atoms with Crippen LogP contribution in [0.2, 0.25) is 0 Å². The van der Waals surface area contributed by atoms with Gasteiger partial charge in [0.15, 0.2) is 4.60 Å². The summed E-state index contributed by atoms with van der Waals surface area (Å²) in [5, 5.41) is 16.1. The lowest BCUT2D eigenvalue weighted by molar-refractivity contribution is 0.295. The Balaban J connectivity index is 2.36. The Labute approximate surface area is 107 Å². The zero-order valence-electron chi connectivity index (χ0n) is 9.01. The zero-order chi connectivity index (χ0) is 12.7. The maximum Gasteiger partial charge on any atom is 0.261 e. The molecule has 1 aliphatic rings. The van der Waals surface area contributed by atoms with Crippen LogP contribution in [0.15, 0.2) is 9.63 Å². The van der Waals surface area contributed by atoms with Crippen molar-refractivity contribution in [3.8, 4) is 6.07 Å². The fourth-order valence-corrected chi connectivity index (χ4v) is 4.16. The van der Waals surface area contributed by atoms with Crippen molar-refractivity contribution in [1.82, 2.24) is 19.7 Å². The fourth-order valence-electron chi connectivity index (χ4n) is 1.68. The van der Waals surface area contributed by atoms with E-state index in [9.17, 15) is 8.42 Å². The molecule has 1 aromatic heterocycles. The second-order valence-corrected chi connectivity index (χ2v) is 6.31. The number of hydrogen-bond acceptors (Lipinski definition) is 5. The highest BCUT2D eigenvalue weighted by atomic mass is 79.9. The number of hydrogen-bond donors (Lipinski definition) is 1. The highest BCUT2D eigenvalue weighted by Crippen LogP contribution is 2.33. The molecule has 7 nitrogen and oxygen atoms in total. The molecular weight excluding hydrogens is 310 g/mol. The number of nitriles is 1. The molecule has 1 aromatic rings. The summed E-state index contributed by atoms with van der Waals surface area (Å²) >= 11 is 3.03. The van der Waals surface area contributed by atoms with Crippen molar-refractivity contribution in [1.29, 1.82) is 5.26 Å². The first-order valence-electron chi connectivity index (χ1n) is 4.91. The Kier molecular flexibility index (Phi) is 2.97. The number of aryl methyl sites for hydroxylation is 1. The molecule has 0 aromatic carbocycles. The summed E-state index contributed by atoms with van der Waals surface area (Å²) in [5.41, 5.74) is -0.970. The van der Waals surface area contributed by atoms with E-state index in [1.807, 2.05) is 6.07 Å². The minimum absolute atomic E-state index is 0.0703. The van der Waals surface area contributed by atoms with Crippen LogP contribution in [-0.4, -0.2) is 29.0 Å². The van der Waals surface area contributed by atoms with Gasteiger partial charge in [-0.2, -0.15) is 9.98 Å². The second kappa shape index (κ2) is 4.04. The van der Waals surface area contributed by atoms with Crippen LogP contribution in [0.4, 0.5) is 0 Å². The predicted octanol–water partition coefficient (Wildman–Crippen LogP) is 0.302. The van der Waals surface area contributed by atoms with Gasteiger partial charge in [0.2, 0.25) is 5.03 Å². The average molecular weight is 320 g/mol.